The maximum atomic E-state index is 14.3. The molecule has 4 atom stereocenters. The molecule has 1 aliphatic carbocycles. The number of carbonyl (C=O) groups excluding carboxylic acids is 3. The maximum absolute atomic E-state index is 14.3. The summed E-state index contributed by atoms with van der Waals surface area (Å²) in [6.45, 7) is 9.32. The molecule has 250 valence electrons. The van der Waals surface area contributed by atoms with Crippen LogP contribution in [0.5, 0.6) is 11.5 Å². The van der Waals surface area contributed by atoms with E-state index in [2.05, 4.69) is 10.6 Å². The van der Waals surface area contributed by atoms with Crippen molar-refractivity contribution >= 4 is 40.6 Å². The molecule has 4 unspecified atom stereocenters. The van der Waals surface area contributed by atoms with Crippen LogP contribution in [0.2, 0.25) is 5.02 Å². The lowest BCUT2D eigenvalue weighted by Crippen LogP contribution is -2.56. The molecule has 4 aromatic carbocycles. The number of aryl methyl sites for hydroxylation is 2. The molecule has 8 nitrogen and oxygen atoms in total. The van der Waals surface area contributed by atoms with Gasteiger partial charge in [0.2, 0.25) is 11.8 Å². The topological polar surface area (TPSA) is 114 Å². The summed E-state index contributed by atoms with van der Waals surface area (Å²) in [5.41, 5.74) is 4.33. The monoisotopic (exact) mass is 668 g/mol. The van der Waals surface area contributed by atoms with E-state index in [1.165, 1.54) is 14.0 Å². The Balaban J connectivity index is 1.58. The number of halogens is 1. The van der Waals surface area contributed by atoms with Gasteiger partial charge in [0.05, 0.1) is 18.6 Å². The number of anilines is 2. The molecular formula is C39H41ClN2O6. The number of aliphatic hydroxyl groups is 1. The first-order valence-electron chi connectivity index (χ1n) is 15.9. The number of Topliss-reactive ketones (excluding diaryl/α,β-unsaturated/α-hetero) is 1. The van der Waals surface area contributed by atoms with Gasteiger partial charge in [-0.25, -0.2) is 0 Å². The van der Waals surface area contributed by atoms with Gasteiger partial charge in [-0.05, 0) is 92.8 Å². The Bertz CT molecular complexity index is 1870. The third kappa shape index (κ3) is 7.10. The molecule has 0 aromatic heterocycles. The Labute approximate surface area is 286 Å². The van der Waals surface area contributed by atoms with Gasteiger partial charge in [-0.15, -0.1) is 0 Å². The van der Waals surface area contributed by atoms with Gasteiger partial charge >= 0.3 is 0 Å². The van der Waals surface area contributed by atoms with E-state index in [-0.39, 0.29) is 13.0 Å². The molecule has 1 saturated carbocycles. The molecule has 5 rings (SSSR count). The molecule has 0 aliphatic heterocycles. The van der Waals surface area contributed by atoms with Crippen LogP contribution in [0.25, 0.3) is 0 Å². The highest BCUT2D eigenvalue weighted by atomic mass is 35.5. The fourth-order valence-corrected chi connectivity index (χ4v) is 6.66. The van der Waals surface area contributed by atoms with Crippen LogP contribution in [0.1, 0.15) is 52.6 Å². The molecule has 0 radical (unpaired) electrons. The molecule has 0 saturated heterocycles. The average molecular weight is 669 g/mol. The SMILES string of the molecule is COc1cc(C2C(C(=O)Nc3cccc(C)c3C)C(=O)CC(C)(O)C2C(=O)Nc2cccc(C)c2C)ccc1OCc1ccccc1Cl. The van der Waals surface area contributed by atoms with Crippen LogP contribution >= 0.6 is 11.6 Å². The molecule has 0 bridgehead atoms. The van der Waals surface area contributed by atoms with E-state index in [1.807, 2.05) is 70.2 Å². The van der Waals surface area contributed by atoms with Gasteiger partial charge in [0.15, 0.2) is 11.5 Å². The minimum atomic E-state index is -1.77. The quantitative estimate of drug-likeness (QED) is 0.159. The van der Waals surface area contributed by atoms with Crippen LogP contribution in [0, 0.1) is 39.5 Å². The summed E-state index contributed by atoms with van der Waals surface area (Å²) in [5.74, 6) is -4.33. The lowest BCUT2D eigenvalue weighted by Gasteiger charge is -2.44. The second-order valence-corrected chi connectivity index (χ2v) is 13.2. The number of rotatable bonds is 9. The van der Waals surface area contributed by atoms with Crippen molar-refractivity contribution < 1.29 is 29.0 Å². The number of hydrogen-bond acceptors (Lipinski definition) is 6. The van der Waals surface area contributed by atoms with Crippen molar-refractivity contribution in [2.75, 3.05) is 17.7 Å². The third-order valence-corrected chi connectivity index (χ3v) is 9.84. The third-order valence-electron chi connectivity index (χ3n) is 9.47. The van der Waals surface area contributed by atoms with Crippen molar-refractivity contribution in [3.8, 4) is 11.5 Å². The summed E-state index contributed by atoms with van der Waals surface area (Å²) >= 11 is 6.33. The number of amides is 2. The largest absolute Gasteiger partial charge is 0.493 e. The normalized spacial score (nSPS) is 20.6. The van der Waals surface area contributed by atoms with E-state index in [1.54, 1.807) is 36.4 Å². The van der Waals surface area contributed by atoms with Crippen LogP contribution < -0.4 is 20.1 Å². The zero-order chi connectivity index (χ0) is 34.7. The molecular weight excluding hydrogens is 628 g/mol. The van der Waals surface area contributed by atoms with Gasteiger partial charge in [0.25, 0.3) is 0 Å². The van der Waals surface area contributed by atoms with Gasteiger partial charge in [0, 0.05) is 34.3 Å². The summed E-state index contributed by atoms with van der Waals surface area (Å²) in [7, 11) is 1.49. The highest BCUT2D eigenvalue weighted by molar-refractivity contribution is 6.31. The van der Waals surface area contributed by atoms with E-state index in [9.17, 15) is 19.5 Å². The fraction of sp³-hybridized carbons (Fsp3) is 0.308. The van der Waals surface area contributed by atoms with Gasteiger partial charge in [-0.2, -0.15) is 0 Å². The van der Waals surface area contributed by atoms with Crippen molar-refractivity contribution in [3.63, 3.8) is 0 Å². The lowest BCUT2D eigenvalue weighted by atomic mass is 9.61. The molecule has 0 spiro atoms. The van der Waals surface area contributed by atoms with Crippen molar-refractivity contribution in [1.29, 1.82) is 0 Å². The Morgan fingerprint density at radius 2 is 1.46 bits per heavy atom. The Morgan fingerprint density at radius 1 is 0.854 bits per heavy atom. The van der Waals surface area contributed by atoms with Crippen molar-refractivity contribution in [2.45, 2.75) is 59.2 Å². The van der Waals surface area contributed by atoms with Crippen molar-refractivity contribution in [3.05, 3.63) is 117 Å². The summed E-state index contributed by atoms with van der Waals surface area (Å²) in [6.07, 6.45) is -0.380. The van der Waals surface area contributed by atoms with Crippen LogP contribution in [-0.4, -0.2) is 35.4 Å². The van der Waals surface area contributed by atoms with Crippen molar-refractivity contribution in [1.82, 2.24) is 0 Å². The smallest absolute Gasteiger partial charge is 0.235 e. The van der Waals surface area contributed by atoms with Gasteiger partial charge < -0.3 is 25.2 Å². The Hall–Kier alpha value is -4.66. The van der Waals surface area contributed by atoms with E-state index in [4.69, 9.17) is 21.1 Å². The standard InChI is InChI=1S/C39H41ClN2O6/c1-22-11-9-15-29(24(22)3)41-37(44)35-31(43)20-39(5,46)36(38(45)42-30-16-10-12-23(2)25(30)4)34(35)26-17-18-32(33(19-26)47-6)48-21-27-13-7-8-14-28(27)40/h7-19,34-36,46H,20-21H2,1-6H3,(H,41,44)(H,42,45). The number of ketones is 1. The Morgan fingerprint density at radius 3 is 2.06 bits per heavy atom. The van der Waals surface area contributed by atoms with Crippen LogP contribution in [0.3, 0.4) is 0 Å². The summed E-state index contributed by atoms with van der Waals surface area (Å²) < 4.78 is 11.8. The average Bonchev–Trinajstić information content (AvgIpc) is 3.04. The molecule has 1 aliphatic rings. The first-order chi connectivity index (χ1) is 22.8. The molecule has 2 amide bonds. The predicted octanol–water partition coefficient (Wildman–Crippen LogP) is 7.48. The number of hydrogen-bond donors (Lipinski definition) is 3. The molecule has 3 N–H and O–H groups in total. The van der Waals surface area contributed by atoms with Gasteiger partial charge in [0.1, 0.15) is 18.3 Å². The van der Waals surface area contributed by atoms with E-state index in [0.717, 1.165) is 27.8 Å². The highest BCUT2D eigenvalue weighted by Gasteiger charge is 2.56. The number of methoxy groups -OCH3 is 1. The van der Waals surface area contributed by atoms with Crippen LogP contribution in [-0.2, 0) is 21.0 Å². The van der Waals surface area contributed by atoms with Crippen LogP contribution in [0.15, 0.2) is 78.9 Å². The summed E-state index contributed by atoms with van der Waals surface area (Å²) in [4.78, 5) is 42.3. The first kappa shape index (κ1) is 34.7. The molecule has 1 fully saturated rings. The number of ether oxygens (including phenoxy) is 2. The lowest BCUT2D eigenvalue weighted by molar-refractivity contribution is -0.150. The zero-order valence-electron chi connectivity index (χ0n) is 28.0. The molecule has 48 heavy (non-hydrogen) atoms. The van der Waals surface area contributed by atoms with Gasteiger partial charge in [-0.1, -0.05) is 60.1 Å². The second-order valence-electron chi connectivity index (χ2n) is 12.7. The predicted molar refractivity (Wildman–Crippen MR) is 188 cm³/mol. The minimum absolute atomic E-state index is 0.174. The fourth-order valence-electron chi connectivity index (χ4n) is 6.47. The van der Waals surface area contributed by atoms with Crippen molar-refractivity contribution in [2.24, 2.45) is 11.8 Å². The summed E-state index contributed by atoms with van der Waals surface area (Å²) in [5, 5.41) is 18.3. The van der Waals surface area contributed by atoms with Crippen LogP contribution in [0.4, 0.5) is 11.4 Å². The van der Waals surface area contributed by atoms with E-state index >= 15 is 0 Å². The summed E-state index contributed by atoms with van der Waals surface area (Å²) in [6, 6.07) is 23.5. The van der Waals surface area contributed by atoms with E-state index < -0.39 is 41.0 Å². The van der Waals surface area contributed by atoms with Gasteiger partial charge in [-0.3, -0.25) is 14.4 Å². The number of nitrogens with one attached hydrogen (secondary N) is 2. The number of benzene rings is 4. The zero-order valence-corrected chi connectivity index (χ0v) is 28.8. The molecule has 4 aromatic rings. The molecule has 0 heterocycles. The Kier molecular flexibility index (Phi) is 10.3. The second kappa shape index (κ2) is 14.2. The first-order valence-corrected chi connectivity index (χ1v) is 16.2. The maximum Gasteiger partial charge on any atom is 0.235 e. The molecule has 9 heteroatoms. The minimum Gasteiger partial charge on any atom is -0.493 e. The van der Waals surface area contributed by atoms with E-state index in [0.29, 0.717) is 33.5 Å². The highest BCUT2D eigenvalue weighted by Crippen LogP contribution is 2.48. The number of carbonyl (C=O) groups is 3.